The highest BCUT2D eigenvalue weighted by Crippen LogP contribution is 2.25. The number of rotatable bonds is 5. The SMILES string of the molecule is CC(C)C(Cc1ccccc1[N+](=O)[O-])C(C)N. The van der Waals surface area contributed by atoms with Crippen LogP contribution in [0.15, 0.2) is 24.3 Å². The maximum Gasteiger partial charge on any atom is 0.272 e. The Morgan fingerprint density at radius 3 is 2.35 bits per heavy atom. The molecule has 0 fully saturated rings. The van der Waals surface area contributed by atoms with E-state index < -0.39 is 0 Å². The summed E-state index contributed by atoms with van der Waals surface area (Å²) < 4.78 is 0. The minimum absolute atomic E-state index is 0.0369. The molecule has 2 unspecified atom stereocenters. The molecule has 17 heavy (non-hydrogen) atoms. The van der Waals surface area contributed by atoms with E-state index >= 15 is 0 Å². The Kier molecular flexibility index (Phi) is 4.63. The third-order valence-corrected chi connectivity index (χ3v) is 3.18. The molecule has 0 aliphatic rings. The highest BCUT2D eigenvalue weighted by atomic mass is 16.6. The van der Waals surface area contributed by atoms with Gasteiger partial charge in [0.05, 0.1) is 4.92 Å². The number of nitro groups is 1. The quantitative estimate of drug-likeness (QED) is 0.631. The summed E-state index contributed by atoms with van der Waals surface area (Å²) in [5, 5.41) is 10.9. The van der Waals surface area contributed by atoms with Gasteiger partial charge in [-0.05, 0) is 25.2 Å². The van der Waals surface area contributed by atoms with Gasteiger partial charge in [-0.1, -0.05) is 32.0 Å². The molecule has 0 aromatic heterocycles. The summed E-state index contributed by atoms with van der Waals surface area (Å²) in [6.07, 6.45) is 0.659. The van der Waals surface area contributed by atoms with Gasteiger partial charge in [0.1, 0.15) is 0 Å². The molecular formula is C13H20N2O2. The summed E-state index contributed by atoms with van der Waals surface area (Å²) in [6.45, 7) is 6.16. The zero-order valence-corrected chi connectivity index (χ0v) is 10.6. The van der Waals surface area contributed by atoms with Gasteiger partial charge in [-0.15, -0.1) is 0 Å². The molecule has 0 amide bonds. The van der Waals surface area contributed by atoms with E-state index in [0.29, 0.717) is 12.3 Å². The van der Waals surface area contributed by atoms with Crippen LogP contribution < -0.4 is 5.73 Å². The normalized spacial score (nSPS) is 14.6. The maximum absolute atomic E-state index is 10.9. The average molecular weight is 236 g/mol. The van der Waals surface area contributed by atoms with Crippen molar-refractivity contribution in [2.45, 2.75) is 33.2 Å². The Bertz CT molecular complexity index is 381. The van der Waals surface area contributed by atoms with Crippen LogP contribution in [0.2, 0.25) is 0 Å². The van der Waals surface area contributed by atoms with E-state index in [2.05, 4.69) is 13.8 Å². The van der Waals surface area contributed by atoms with Crippen molar-refractivity contribution in [2.75, 3.05) is 0 Å². The lowest BCUT2D eigenvalue weighted by Gasteiger charge is -2.24. The van der Waals surface area contributed by atoms with Crippen LogP contribution in [0.1, 0.15) is 26.3 Å². The Labute approximate surface area is 102 Å². The van der Waals surface area contributed by atoms with Crippen molar-refractivity contribution in [3.8, 4) is 0 Å². The first-order valence-electron chi connectivity index (χ1n) is 5.91. The molecule has 1 rings (SSSR count). The highest BCUT2D eigenvalue weighted by molar-refractivity contribution is 5.40. The van der Waals surface area contributed by atoms with E-state index in [1.54, 1.807) is 12.1 Å². The zero-order valence-electron chi connectivity index (χ0n) is 10.6. The lowest BCUT2D eigenvalue weighted by Crippen LogP contribution is -2.32. The molecular weight excluding hydrogens is 216 g/mol. The number of nitrogens with zero attached hydrogens (tertiary/aromatic N) is 1. The molecule has 94 valence electrons. The second kappa shape index (κ2) is 5.77. The lowest BCUT2D eigenvalue weighted by atomic mass is 9.84. The fourth-order valence-electron chi connectivity index (χ4n) is 2.14. The molecule has 2 N–H and O–H groups in total. The topological polar surface area (TPSA) is 69.2 Å². The second-order valence-corrected chi connectivity index (χ2v) is 4.86. The molecule has 0 heterocycles. The minimum atomic E-state index is -0.325. The van der Waals surface area contributed by atoms with Crippen LogP contribution in [0.3, 0.4) is 0 Å². The van der Waals surface area contributed by atoms with Gasteiger partial charge in [0.15, 0.2) is 0 Å². The molecule has 1 aromatic carbocycles. The van der Waals surface area contributed by atoms with Crippen molar-refractivity contribution in [1.82, 2.24) is 0 Å². The summed E-state index contributed by atoms with van der Waals surface area (Å²) in [5.41, 5.74) is 6.91. The fourth-order valence-corrected chi connectivity index (χ4v) is 2.14. The van der Waals surface area contributed by atoms with Gasteiger partial charge < -0.3 is 5.73 Å². The van der Waals surface area contributed by atoms with E-state index in [4.69, 9.17) is 5.73 Å². The van der Waals surface area contributed by atoms with Crippen molar-refractivity contribution in [3.63, 3.8) is 0 Å². The molecule has 0 spiro atoms. The molecule has 2 atom stereocenters. The monoisotopic (exact) mass is 236 g/mol. The number of hydrogen-bond donors (Lipinski definition) is 1. The van der Waals surface area contributed by atoms with Crippen molar-refractivity contribution < 1.29 is 4.92 Å². The number of nitrogens with two attached hydrogens (primary N) is 1. The first-order chi connectivity index (χ1) is 7.93. The van der Waals surface area contributed by atoms with E-state index in [-0.39, 0.29) is 22.6 Å². The first kappa shape index (κ1) is 13.6. The van der Waals surface area contributed by atoms with E-state index in [9.17, 15) is 10.1 Å². The predicted molar refractivity (Wildman–Crippen MR) is 68.8 cm³/mol. The number of benzene rings is 1. The van der Waals surface area contributed by atoms with Crippen LogP contribution in [-0.4, -0.2) is 11.0 Å². The highest BCUT2D eigenvalue weighted by Gasteiger charge is 2.22. The van der Waals surface area contributed by atoms with Gasteiger partial charge in [0.2, 0.25) is 0 Å². The van der Waals surface area contributed by atoms with Crippen LogP contribution >= 0.6 is 0 Å². The fraction of sp³-hybridized carbons (Fsp3) is 0.538. The van der Waals surface area contributed by atoms with Gasteiger partial charge in [-0.25, -0.2) is 0 Å². The molecule has 4 nitrogen and oxygen atoms in total. The summed E-state index contributed by atoms with van der Waals surface area (Å²) in [7, 11) is 0. The first-order valence-corrected chi connectivity index (χ1v) is 5.91. The zero-order chi connectivity index (χ0) is 13.0. The summed E-state index contributed by atoms with van der Waals surface area (Å²) in [6, 6.07) is 6.93. The van der Waals surface area contributed by atoms with Gasteiger partial charge in [-0.3, -0.25) is 10.1 Å². The smallest absolute Gasteiger partial charge is 0.272 e. The molecule has 0 aliphatic heterocycles. The Morgan fingerprint density at radius 2 is 1.88 bits per heavy atom. The minimum Gasteiger partial charge on any atom is -0.328 e. The van der Waals surface area contributed by atoms with Crippen LogP contribution in [-0.2, 0) is 6.42 Å². The summed E-state index contributed by atoms with van der Waals surface area (Å²) in [4.78, 5) is 10.6. The average Bonchev–Trinajstić information content (AvgIpc) is 2.25. The standard InChI is InChI=1S/C13H20N2O2/c1-9(2)12(10(3)14)8-11-6-4-5-7-13(11)15(16)17/h4-7,9-10,12H,8,14H2,1-3H3. The van der Waals surface area contributed by atoms with Crippen molar-refractivity contribution in [3.05, 3.63) is 39.9 Å². The van der Waals surface area contributed by atoms with Crippen LogP contribution in [0.25, 0.3) is 0 Å². The predicted octanol–water partition coefficient (Wildman–Crippen LogP) is 2.76. The molecule has 0 bridgehead atoms. The van der Waals surface area contributed by atoms with Crippen LogP contribution in [0.4, 0.5) is 5.69 Å². The largest absolute Gasteiger partial charge is 0.328 e. The summed E-state index contributed by atoms with van der Waals surface area (Å²) >= 11 is 0. The molecule has 1 aromatic rings. The Hall–Kier alpha value is -1.42. The van der Waals surface area contributed by atoms with Crippen LogP contribution in [0.5, 0.6) is 0 Å². The van der Waals surface area contributed by atoms with Gasteiger partial charge in [0, 0.05) is 17.7 Å². The maximum atomic E-state index is 10.9. The summed E-state index contributed by atoms with van der Waals surface area (Å²) in [5.74, 6) is 0.672. The van der Waals surface area contributed by atoms with Crippen molar-refractivity contribution in [2.24, 2.45) is 17.6 Å². The number of hydrogen-bond acceptors (Lipinski definition) is 3. The number of nitro benzene ring substituents is 1. The van der Waals surface area contributed by atoms with Crippen molar-refractivity contribution in [1.29, 1.82) is 0 Å². The Morgan fingerprint density at radius 1 is 1.29 bits per heavy atom. The Balaban J connectivity index is 2.97. The van der Waals surface area contributed by atoms with E-state index in [0.717, 1.165) is 5.56 Å². The van der Waals surface area contributed by atoms with E-state index in [1.807, 2.05) is 19.1 Å². The number of para-hydroxylation sites is 1. The second-order valence-electron chi connectivity index (χ2n) is 4.86. The van der Waals surface area contributed by atoms with Crippen LogP contribution in [0, 0.1) is 22.0 Å². The molecule has 0 saturated carbocycles. The van der Waals surface area contributed by atoms with Gasteiger partial charge in [0.25, 0.3) is 5.69 Å². The third kappa shape index (κ3) is 3.53. The molecule has 4 heteroatoms. The molecule has 0 radical (unpaired) electrons. The van der Waals surface area contributed by atoms with Gasteiger partial charge >= 0.3 is 0 Å². The third-order valence-electron chi connectivity index (χ3n) is 3.18. The van der Waals surface area contributed by atoms with Gasteiger partial charge in [-0.2, -0.15) is 0 Å². The molecule has 0 aliphatic carbocycles. The lowest BCUT2D eigenvalue weighted by molar-refractivity contribution is -0.385. The van der Waals surface area contributed by atoms with Crippen molar-refractivity contribution >= 4 is 5.69 Å². The molecule has 0 saturated heterocycles. The van der Waals surface area contributed by atoms with E-state index in [1.165, 1.54) is 0 Å².